The summed E-state index contributed by atoms with van der Waals surface area (Å²) in [5, 5.41) is 3.18. The van der Waals surface area contributed by atoms with Crippen LogP contribution < -0.4 is 10.1 Å². The molecule has 8 heteroatoms. The van der Waals surface area contributed by atoms with Crippen LogP contribution in [0.1, 0.15) is 11.1 Å². The molecule has 0 spiro atoms. The maximum absolute atomic E-state index is 13.1. The van der Waals surface area contributed by atoms with Crippen LogP contribution in [-0.2, 0) is 11.4 Å². The number of benzene rings is 3. The van der Waals surface area contributed by atoms with Crippen LogP contribution in [0.3, 0.4) is 0 Å². The highest BCUT2D eigenvalue weighted by Crippen LogP contribution is 2.37. The molecule has 0 aliphatic carbocycles. The molecule has 0 saturated carbocycles. The van der Waals surface area contributed by atoms with Gasteiger partial charge in [-0.3, -0.25) is 4.79 Å². The number of nitrogens with one attached hydrogen (secondary N) is 1. The number of rotatable bonds is 5. The molecule has 0 radical (unpaired) electrons. The second-order valence-electron chi connectivity index (χ2n) is 6.54. The van der Waals surface area contributed by atoms with Gasteiger partial charge in [0.1, 0.15) is 18.2 Å². The van der Waals surface area contributed by atoms with Crippen LogP contribution in [0.4, 0.5) is 10.1 Å². The predicted molar refractivity (Wildman–Crippen MR) is 130 cm³/mol. The van der Waals surface area contributed by atoms with Crippen LogP contribution in [0, 0.1) is 5.82 Å². The van der Waals surface area contributed by atoms with Gasteiger partial charge in [-0.2, -0.15) is 0 Å². The molecule has 4 rings (SSSR count). The topological polar surface area (TPSA) is 50.7 Å². The summed E-state index contributed by atoms with van der Waals surface area (Å²) in [5.74, 6) is 0.0451. The fourth-order valence-corrected chi connectivity index (χ4v) is 5.03. The van der Waals surface area contributed by atoms with Crippen LogP contribution in [0.5, 0.6) is 5.75 Å². The Morgan fingerprint density at radius 1 is 1.06 bits per heavy atom. The summed E-state index contributed by atoms with van der Waals surface area (Å²) >= 11 is 8.26. The Kier molecular flexibility index (Phi) is 6.89. The number of amidine groups is 1. The van der Waals surface area contributed by atoms with Gasteiger partial charge in [-0.25, -0.2) is 9.38 Å². The largest absolute Gasteiger partial charge is 0.487 e. The molecule has 4 nitrogen and oxygen atoms in total. The molecule has 1 N–H and O–H groups in total. The van der Waals surface area contributed by atoms with Gasteiger partial charge in [0.2, 0.25) is 0 Å². The van der Waals surface area contributed by atoms with Gasteiger partial charge in [0.05, 0.1) is 15.1 Å². The Labute approximate surface area is 199 Å². The number of amides is 1. The summed E-state index contributed by atoms with van der Waals surface area (Å²) in [4.78, 5) is 17.3. The smallest absolute Gasteiger partial charge is 0.264 e. The Morgan fingerprint density at radius 2 is 1.81 bits per heavy atom. The third-order valence-corrected chi connectivity index (χ3v) is 6.21. The maximum atomic E-state index is 13.1. The highest BCUT2D eigenvalue weighted by Gasteiger charge is 2.24. The summed E-state index contributed by atoms with van der Waals surface area (Å²) in [5.41, 5.74) is 2.35. The molecule has 0 atom stereocenters. The normalized spacial score (nSPS) is 16.0. The zero-order valence-corrected chi connectivity index (χ0v) is 19.9. The van der Waals surface area contributed by atoms with E-state index in [0.717, 1.165) is 20.1 Å². The van der Waals surface area contributed by atoms with E-state index in [9.17, 15) is 9.18 Å². The number of thioether (sulfide) groups is 1. The number of halogens is 3. The van der Waals surface area contributed by atoms with Crippen molar-refractivity contribution in [1.82, 2.24) is 5.32 Å². The van der Waals surface area contributed by atoms with Crippen molar-refractivity contribution in [3.8, 4) is 5.75 Å². The molecule has 1 heterocycles. The monoisotopic (exact) mass is 560 g/mol. The minimum absolute atomic E-state index is 0.254. The average Bonchev–Trinajstić information content (AvgIpc) is 3.08. The first-order valence-electron chi connectivity index (χ1n) is 9.19. The molecule has 1 aliphatic rings. The number of aliphatic imine (C=N–C) groups is 1. The van der Waals surface area contributed by atoms with Crippen molar-refractivity contribution in [2.24, 2.45) is 4.99 Å². The summed E-state index contributed by atoms with van der Waals surface area (Å²) in [6.07, 6.45) is 1.77. The average molecular weight is 562 g/mol. The number of hydrogen-bond donors (Lipinski definition) is 1. The molecule has 1 fully saturated rings. The van der Waals surface area contributed by atoms with E-state index in [1.165, 1.54) is 23.9 Å². The van der Waals surface area contributed by atoms with Crippen molar-refractivity contribution in [2.75, 3.05) is 0 Å². The van der Waals surface area contributed by atoms with Gasteiger partial charge in [0.25, 0.3) is 5.91 Å². The lowest BCUT2D eigenvalue weighted by molar-refractivity contribution is -0.115. The molecule has 1 amide bonds. The summed E-state index contributed by atoms with van der Waals surface area (Å²) in [6, 6.07) is 19.4. The third kappa shape index (κ3) is 5.64. The van der Waals surface area contributed by atoms with Gasteiger partial charge < -0.3 is 10.1 Å². The van der Waals surface area contributed by atoms with Gasteiger partial charge in [-0.1, -0.05) is 46.3 Å². The lowest BCUT2D eigenvalue weighted by Gasteiger charge is -2.12. The summed E-state index contributed by atoms with van der Waals surface area (Å²) < 4.78 is 20.8. The van der Waals surface area contributed by atoms with Crippen molar-refractivity contribution < 1.29 is 13.9 Å². The van der Waals surface area contributed by atoms with Crippen LogP contribution in [0.15, 0.2) is 85.6 Å². The highest BCUT2D eigenvalue weighted by molar-refractivity contribution is 9.11. The second-order valence-corrected chi connectivity index (χ2v) is 9.34. The van der Waals surface area contributed by atoms with Crippen molar-refractivity contribution in [1.29, 1.82) is 0 Å². The molecule has 0 aromatic heterocycles. The van der Waals surface area contributed by atoms with Gasteiger partial charge in [0.15, 0.2) is 5.17 Å². The maximum Gasteiger partial charge on any atom is 0.264 e. The van der Waals surface area contributed by atoms with E-state index in [2.05, 4.69) is 42.2 Å². The lowest BCUT2D eigenvalue weighted by atomic mass is 10.1. The van der Waals surface area contributed by atoms with Crippen molar-refractivity contribution in [2.45, 2.75) is 6.61 Å². The third-order valence-electron chi connectivity index (χ3n) is 4.26. The van der Waals surface area contributed by atoms with E-state index in [-0.39, 0.29) is 11.7 Å². The first-order chi connectivity index (χ1) is 15.0. The molecule has 0 unspecified atom stereocenters. The van der Waals surface area contributed by atoms with E-state index < -0.39 is 0 Å². The quantitative estimate of drug-likeness (QED) is 0.348. The van der Waals surface area contributed by atoms with E-state index in [0.29, 0.717) is 28.1 Å². The Bertz CT molecular complexity index is 1180. The second kappa shape index (κ2) is 9.80. The number of hydrogen-bond acceptors (Lipinski definition) is 4. The molecule has 3 aromatic rings. The van der Waals surface area contributed by atoms with Crippen LogP contribution in [0.2, 0.25) is 0 Å². The molecule has 1 aliphatic heterocycles. The van der Waals surface area contributed by atoms with E-state index in [1.54, 1.807) is 18.2 Å². The fourth-order valence-electron chi connectivity index (χ4n) is 2.82. The molecule has 156 valence electrons. The van der Waals surface area contributed by atoms with E-state index >= 15 is 0 Å². The van der Waals surface area contributed by atoms with Crippen LogP contribution in [-0.4, -0.2) is 11.1 Å². The van der Waals surface area contributed by atoms with Crippen LogP contribution >= 0.6 is 43.6 Å². The Balaban J connectivity index is 1.60. The number of carbonyl (C=O) groups excluding carboxylic acids is 1. The molecule has 31 heavy (non-hydrogen) atoms. The molecular formula is C23H15Br2FN2O2S. The fraction of sp³-hybridized carbons (Fsp3) is 0.0435. The van der Waals surface area contributed by atoms with Gasteiger partial charge >= 0.3 is 0 Å². The summed E-state index contributed by atoms with van der Waals surface area (Å²) in [6.45, 7) is 0.397. The van der Waals surface area contributed by atoms with Gasteiger partial charge in [0, 0.05) is 10.0 Å². The minimum atomic E-state index is -0.337. The lowest BCUT2D eigenvalue weighted by Crippen LogP contribution is -2.19. The molecule has 0 bridgehead atoms. The summed E-state index contributed by atoms with van der Waals surface area (Å²) in [7, 11) is 0. The number of ether oxygens (including phenoxy) is 1. The van der Waals surface area contributed by atoms with Crippen molar-refractivity contribution in [3.05, 3.63) is 97.5 Å². The number of nitrogens with zero attached hydrogens (tertiary/aromatic N) is 1. The first-order valence-corrected chi connectivity index (χ1v) is 11.6. The SMILES string of the molecule is O=C1NC(=Nc2ccc(F)cc2)S/C1=C\c1cc(Br)cc(Br)c1OCc1ccccc1. The number of carbonyl (C=O) groups is 1. The standard InChI is InChI=1S/C23H15Br2FN2O2S/c24-16-10-15(21(19(25)12-16)30-13-14-4-2-1-3-5-14)11-20-22(29)28-23(31-20)27-18-8-6-17(26)7-9-18/h1-12H,13H2,(H,27,28,29)/b20-11-. The Morgan fingerprint density at radius 3 is 2.55 bits per heavy atom. The van der Waals surface area contributed by atoms with Gasteiger partial charge in [-0.05, 0) is 75.7 Å². The Hall–Kier alpha value is -2.42. The minimum Gasteiger partial charge on any atom is -0.487 e. The van der Waals surface area contributed by atoms with E-state index in [1.807, 2.05) is 42.5 Å². The molecular weight excluding hydrogens is 547 g/mol. The van der Waals surface area contributed by atoms with Crippen molar-refractivity contribution in [3.63, 3.8) is 0 Å². The van der Waals surface area contributed by atoms with Gasteiger partial charge in [-0.15, -0.1) is 0 Å². The predicted octanol–water partition coefficient (Wildman–Crippen LogP) is 6.82. The molecule has 1 saturated heterocycles. The molecule has 3 aromatic carbocycles. The zero-order chi connectivity index (χ0) is 21.8. The highest BCUT2D eigenvalue weighted by atomic mass is 79.9. The zero-order valence-electron chi connectivity index (χ0n) is 15.9. The van der Waals surface area contributed by atoms with Crippen molar-refractivity contribution >= 4 is 66.5 Å². The van der Waals surface area contributed by atoms with Crippen LogP contribution in [0.25, 0.3) is 6.08 Å². The first kappa shape index (κ1) is 21.8. The van der Waals surface area contributed by atoms with E-state index in [4.69, 9.17) is 4.74 Å².